The molecule has 10 nitrogen and oxygen atoms in total. The van der Waals surface area contributed by atoms with Crippen LogP contribution in [0.25, 0.3) is 11.3 Å². The number of methoxy groups -OCH3 is 2. The van der Waals surface area contributed by atoms with Crippen LogP contribution in [0.5, 0.6) is 29.0 Å². The predicted molar refractivity (Wildman–Crippen MR) is 150 cm³/mol. The summed E-state index contributed by atoms with van der Waals surface area (Å²) >= 11 is 0. The van der Waals surface area contributed by atoms with Crippen LogP contribution in [-0.2, 0) is 6.61 Å². The maximum absolute atomic E-state index is 6.51. The number of aromatic nitrogens is 6. The van der Waals surface area contributed by atoms with Gasteiger partial charge in [0.2, 0.25) is 11.8 Å². The molecule has 0 saturated heterocycles. The third kappa shape index (κ3) is 4.11. The van der Waals surface area contributed by atoms with Crippen LogP contribution < -0.4 is 18.9 Å². The number of fused-ring (bicyclic) bond motifs is 4. The molecule has 0 N–H and O–H groups in total. The number of hydrogen-bond donors (Lipinski definition) is 0. The average Bonchev–Trinajstić information content (AvgIpc) is 3.60. The Morgan fingerprint density at radius 1 is 0.805 bits per heavy atom. The number of aryl methyl sites for hydroxylation is 1. The third-order valence-electron chi connectivity index (χ3n) is 7.14. The Kier molecular flexibility index (Phi) is 6.00. The SMILES string of the molecule is COc1ccccc1OCc1nc2c3c(ncn2n1)Oc1c(c(C)nn1-c1ccccc1)[C@H]3c1ccccc1OC. The van der Waals surface area contributed by atoms with Crippen LogP contribution in [0.15, 0.2) is 85.2 Å². The minimum absolute atomic E-state index is 0.146. The highest BCUT2D eigenvalue weighted by Gasteiger charge is 2.39. The van der Waals surface area contributed by atoms with Gasteiger partial charge in [0.15, 0.2) is 23.0 Å². The Morgan fingerprint density at radius 3 is 2.29 bits per heavy atom. The molecule has 1 aliphatic heterocycles. The van der Waals surface area contributed by atoms with Crippen LogP contribution >= 0.6 is 0 Å². The van der Waals surface area contributed by atoms with Gasteiger partial charge in [-0.1, -0.05) is 48.5 Å². The Hall–Kier alpha value is -5.38. The molecule has 10 heteroatoms. The van der Waals surface area contributed by atoms with Crippen molar-refractivity contribution in [1.29, 1.82) is 0 Å². The summed E-state index contributed by atoms with van der Waals surface area (Å²) < 4.78 is 27.2. The molecule has 0 aliphatic carbocycles. The van der Waals surface area contributed by atoms with E-state index in [9.17, 15) is 0 Å². The van der Waals surface area contributed by atoms with E-state index in [0.29, 0.717) is 34.7 Å². The molecule has 1 aliphatic rings. The Morgan fingerprint density at radius 2 is 1.51 bits per heavy atom. The van der Waals surface area contributed by atoms with E-state index >= 15 is 0 Å². The molecule has 4 heterocycles. The van der Waals surface area contributed by atoms with E-state index in [1.807, 2.05) is 90.5 Å². The molecule has 6 aromatic rings. The molecule has 7 rings (SSSR count). The molecule has 0 unspecified atom stereocenters. The van der Waals surface area contributed by atoms with E-state index in [1.54, 1.807) is 25.1 Å². The fourth-order valence-corrected chi connectivity index (χ4v) is 5.32. The first-order valence-corrected chi connectivity index (χ1v) is 13.1. The molecule has 41 heavy (non-hydrogen) atoms. The second-order valence-electron chi connectivity index (χ2n) is 9.53. The van der Waals surface area contributed by atoms with Crippen molar-refractivity contribution >= 4 is 5.65 Å². The highest BCUT2D eigenvalue weighted by molar-refractivity contribution is 5.67. The monoisotopic (exact) mass is 546 g/mol. The van der Waals surface area contributed by atoms with E-state index in [1.165, 1.54) is 0 Å². The number of para-hydroxylation sites is 4. The fourth-order valence-electron chi connectivity index (χ4n) is 5.32. The highest BCUT2D eigenvalue weighted by Crippen LogP contribution is 2.51. The van der Waals surface area contributed by atoms with Gasteiger partial charge in [-0.15, -0.1) is 5.10 Å². The van der Waals surface area contributed by atoms with Gasteiger partial charge in [0.1, 0.15) is 18.7 Å². The second kappa shape index (κ2) is 9.98. The van der Waals surface area contributed by atoms with Gasteiger partial charge in [0.05, 0.1) is 42.6 Å². The molecule has 0 fully saturated rings. The fraction of sp³-hybridized carbons (Fsp3) is 0.161. The topological polar surface area (TPSA) is 97.8 Å². The van der Waals surface area contributed by atoms with Crippen molar-refractivity contribution in [3.8, 4) is 34.7 Å². The Labute approximate surface area is 235 Å². The largest absolute Gasteiger partial charge is 0.496 e. The lowest BCUT2D eigenvalue weighted by Gasteiger charge is -2.27. The molecule has 0 bridgehead atoms. The molecule has 204 valence electrons. The molecular formula is C31H26N6O4. The number of nitrogens with zero attached hydrogens (tertiary/aromatic N) is 6. The number of hydrogen-bond acceptors (Lipinski definition) is 8. The third-order valence-corrected chi connectivity index (χ3v) is 7.14. The number of ether oxygens (including phenoxy) is 4. The van der Waals surface area contributed by atoms with Crippen LogP contribution in [-0.4, -0.2) is 43.6 Å². The van der Waals surface area contributed by atoms with E-state index in [-0.39, 0.29) is 12.5 Å². The van der Waals surface area contributed by atoms with Crippen molar-refractivity contribution in [2.45, 2.75) is 19.4 Å². The lowest BCUT2D eigenvalue weighted by Crippen LogP contribution is -2.16. The molecule has 3 aromatic carbocycles. The average molecular weight is 547 g/mol. The molecule has 0 saturated carbocycles. The summed E-state index contributed by atoms with van der Waals surface area (Å²) in [6, 6.07) is 25.3. The summed E-state index contributed by atoms with van der Waals surface area (Å²) in [5, 5.41) is 9.55. The van der Waals surface area contributed by atoms with Crippen LogP contribution in [0, 0.1) is 6.92 Å². The van der Waals surface area contributed by atoms with Crippen molar-refractivity contribution in [3.05, 3.63) is 113 Å². The van der Waals surface area contributed by atoms with Gasteiger partial charge in [-0.2, -0.15) is 5.10 Å². The van der Waals surface area contributed by atoms with Gasteiger partial charge in [0.25, 0.3) is 0 Å². The van der Waals surface area contributed by atoms with E-state index in [2.05, 4.69) is 10.1 Å². The van der Waals surface area contributed by atoms with Gasteiger partial charge in [-0.3, -0.25) is 0 Å². The molecule has 3 aromatic heterocycles. The summed E-state index contributed by atoms with van der Waals surface area (Å²) in [6.07, 6.45) is 1.61. The van der Waals surface area contributed by atoms with Crippen molar-refractivity contribution < 1.29 is 18.9 Å². The van der Waals surface area contributed by atoms with Gasteiger partial charge in [0, 0.05) is 5.56 Å². The summed E-state index contributed by atoms with van der Waals surface area (Å²) in [4.78, 5) is 9.57. The predicted octanol–water partition coefficient (Wildman–Crippen LogP) is 5.50. The molecular weight excluding hydrogens is 520 g/mol. The first-order chi connectivity index (χ1) is 20.2. The van der Waals surface area contributed by atoms with E-state index in [0.717, 1.165) is 33.8 Å². The maximum Gasteiger partial charge on any atom is 0.230 e. The number of rotatable bonds is 7. The molecule has 0 spiro atoms. The zero-order chi connectivity index (χ0) is 27.9. The first-order valence-electron chi connectivity index (χ1n) is 13.1. The molecule has 0 amide bonds. The second-order valence-corrected chi connectivity index (χ2v) is 9.53. The highest BCUT2D eigenvalue weighted by atomic mass is 16.5. The van der Waals surface area contributed by atoms with Crippen LogP contribution in [0.2, 0.25) is 0 Å². The first kappa shape index (κ1) is 24.6. The molecule has 0 radical (unpaired) electrons. The van der Waals surface area contributed by atoms with Crippen molar-refractivity contribution in [2.24, 2.45) is 0 Å². The molecule has 1 atom stereocenters. The summed E-state index contributed by atoms with van der Waals surface area (Å²) in [5.74, 6) is 3.19. The standard InChI is InChI=1S/C31H26N6O4/c1-19-26-27(21-13-7-8-14-22(21)38-2)28-29-33-25(17-40-24-16-10-9-15-23(24)39-3)35-36(29)18-32-30(28)41-31(26)37(34-19)20-11-5-4-6-12-20/h4-16,18,27H,17H2,1-3H3/t27-/m1/s1. The van der Waals surface area contributed by atoms with Gasteiger partial charge >= 0.3 is 0 Å². The quantitative estimate of drug-likeness (QED) is 0.259. The van der Waals surface area contributed by atoms with Crippen molar-refractivity contribution in [3.63, 3.8) is 0 Å². The lowest BCUT2D eigenvalue weighted by molar-refractivity contribution is 0.276. The summed E-state index contributed by atoms with van der Waals surface area (Å²) in [5.41, 5.74) is 4.96. The van der Waals surface area contributed by atoms with Crippen LogP contribution in [0.4, 0.5) is 0 Å². The number of benzene rings is 3. The zero-order valence-electron chi connectivity index (χ0n) is 22.7. The van der Waals surface area contributed by atoms with Crippen LogP contribution in [0.3, 0.4) is 0 Å². The lowest BCUT2D eigenvalue weighted by atomic mass is 9.84. The summed E-state index contributed by atoms with van der Waals surface area (Å²) in [6.45, 7) is 2.13. The van der Waals surface area contributed by atoms with E-state index in [4.69, 9.17) is 29.0 Å². The van der Waals surface area contributed by atoms with Crippen molar-refractivity contribution in [1.82, 2.24) is 29.4 Å². The van der Waals surface area contributed by atoms with E-state index < -0.39 is 0 Å². The minimum atomic E-state index is -0.328. The maximum atomic E-state index is 6.51. The Balaban J connectivity index is 1.39. The smallest absolute Gasteiger partial charge is 0.230 e. The summed E-state index contributed by atoms with van der Waals surface area (Å²) in [7, 11) is 3.28. The van der Waals surface area contributed by atoms with Gasteiger partial charge in [-0.05, 0) is 37.3 Å². The zero-order valence-corrected chi connectivity index (χ0v) is 22.7. The normalized spacial score (nSPS) is 13.8. The minimum Gasteiger partial charge on any atom is -0.496 e. The van der Waals surface area contributed by atoms with Crippen molar-refractivity contribution in [2.75, 3.05) is 14.2 Å². The van der Waals surface area contributed by atoms with Crippen LogP contribution in [0.1, 0.15) is 34.1 Å². The Bertz CT molecular complexity index is 1880. The van der Waals surface area contributed by atoms with Gasteiger partial charge in [-0.25, -0.2) is 19.2 Å². The van der Waals surface area contributed by atoms with Gasteiger partial charge < -0.3 is 18.9 Å².